The molecule has 1 heterocycles. The number of carboxylic acid groups (broad SMARTS) is 1. The quantitative estimate of drug-likeness (QED) is 0.615. The normalized spacial score (nSPS) is 10.6. The van der Waals surface area contributed by atoms with Crippen LogP contribution < -0.4 is 15.6 Å². The highest BCUT2D eigenvalue weighted by Gasteiger charge is 2.13. The van der Waals surface area contributed by atoms with Crippen LogP contribution in [0, 0.1) is 11.3 Å². The van der Waals surface area contributed by atoms with Gasteiger partial charge in [-0.25, -0.2) is 4.79 Å². The minimum atomic E-state index is -1.00. The van der Waals surface area contributed by atoms with Crippen LogP contribution >= 0.6 is 11.6 Å². The molecule has 2 N–H and O–H groups in total. The average Bonchev–Trinajstić information content (AvgIpc) is 2.75. The number of aromatic nitrogens is 1. The lowest BCUT2D eigenvalue weighted by molar-refractivity contribution is 0.0697. The van der Waals surface area contributed by atoms with E-state index >= 15 is 0 Å². The van der Waals surface area contributed by atoms with Crippen LogP contribution in [0.25, 0.3) is 17.3 Å². The van der Waals surface area contributed by atoms with Gasteiger partial charge in [0.25, 0.3) is 5.56 Å². The second kappa shape index (κ2) is 8.99. The van der Waals surface area contributed by atoms with Crippen LogP contribution in [0.3, 0.4) is 0 Å². The first-order valence-electron chi connectivity index (χ1n) is 8.69. The van der Waals surface area contributed by atoms with Gasteiger partial charge in [-0.15, -0.1) is 0 Å². The molecule has 0 aliphatic heterocycles. The summed E-state index contributed by atoms with van der Waals surface area (Å²) in [6.07, 6.45) is 4.55. The van der Waals surface area contributed by atoms with Crippen molar-refractivity contribution in [3.8, 4) is 22.9 Å². The molecule has 0 spiro atoms. The van der Waals surface area contributed by atoms with Crippen LogP contribution in [-0.2, 0) is 0 Å². The molecule has 0 aliphatic rings. The lowest BCUT2D eigenvalue weighted by Gasteiger charge is -2.12. The van der Waals surface area contributed by atoms with E-state index in [1.807, 2.05) is 0 Å². The number of pyridine rings is 1. The molecule has 0 amide bonds. The van der Waals surface area contributed by atoms with Crippen molar-refractivity contribution in [1.82, 2.24) is 4.57 Å². The molecular weight excluding hydrogens is 406 g/mol. The number of methoxy groups -OCH3 is 1. The van der Waals surface area contributed by atoms with Gasteiger partial charge in [0.15, 0.2) is 0 Å². The maximum atomic E-state index is 12.6. The van der Waals surface area contributed by atoms with E-state index in [0.29, 0.717) is 33.1 Å². The summed E-state index contributed by atoms with van der Waals surface area (Å²) in [6, 6.07) is 14.4. The van der Waals surface area contributed by atoms with Gasteiger partial charge in [-0.05, 0) is 42.5 Å². The zero-order valence-electron chi connectivity index (χ0n) is 15.8. The average molecular weight is 422 g/mol. The van der Waals surface area contributed by atoms with Crippen LogP contribution in [0.1, 0.15) is 15.9 Å². The highest BCUT2D eigenvalue weighted by molar-refractivity contribution is 6.31. The van der Waals surface area contributed by atoms with Crippen LogP contribution in [0.4, 0.5) is 5.69 Å². The molecule has 30 heavy (non-hydrogen) atoms. The van der Waals surface area contributed by atoms with Crippen molar-refractivity contribution in [2.24, 2.45) is 0 Å². The number of ether oxygens (including phenoxy) is 1. The summed E-state index contributed by atoms with van der Waals surface area (Å²) in [5, 5.41) is 21.7. The summed E-state index contributed by atoms with van der Waals surface area (Å²) in [4.78, 5) is 23.5. The van der Waals surface area contributed by atoms with Gasteiger partial charge in [-0.1, -0.05) is 11.6 Å². The van der Waals surface area contributed by atoms with E-state index in [4.69, 9.17) is 21.4 Å². The number of carbonyl (C=O) groups is 1. The van der Waals surface area contributed by atoms with Crippen LogP contribution in [0.2, 0.25) is 5.02 Å². The topological polar surface area (TPSA) is 104 Å². The fourth-order valence-corrected chi connectivity index (χ4v) is 2.95. The molecule has 3 aromatic rings. The Morgan fingerprint density at radius 1 is 1.20 bits per heavy atom. The summed E-state index contributed by atoms with van der Waals surface area (Å²) < 4.78 is 6.73. The standard InChI is InChI=1S/C22H16ClN3O4/c1-30-20-13-26(9-8-25-17-6-3-14(4-7-17)22(28)29)21(27)11-19(20)18-10-16(23)5-2-15(18)12-24/h2-11,13,25H,1H3,(H,28,29). The number of hydrogen-bond donors (Lipinski definition) is 2. The summed E-state index contributed by atoms with van der Waals surface area (Å²) in [5.74, 6) is -0.612. The largest absolute Gasteiger partial charge is 0.495 e. The third-order valence-electron chi connectivity index (χ3n) is 4.27. The highest BCUT2D eigenvalue weighted by atomic mass is 35.5. The number of carboxylic acids is 1. The van der Waals surface area contributed by atoms with Gasteiger partial charge in [0, 0.05) is 40.3 Å². The van der Waals surface area contributed by atoms with Crippen molar-refractivity contribution < 1.29 is 14.6 Å². The fraction of sp³-hybridized carbons (Fsp3) is 0.0455. The second-order valence-electron chi connectivity index (χ2n) is 6.15. The molecule has 3 rings (SSSR count). The van der Waals surface area contributed by atoms with E-state index in [-0.39, 0.29) is 11.1 Å². The third-order valence-corrected chi connectivity index (χ3v) is 4.51. The van der Waals surface area contributed by atoms with E-state index in [0.717, 1.165) is 0 Å². The number of nitrogens with one attached hydrogen (secondary N) is 1. The molecule has 8 heteroatoms. The van der Waals surface area contributed by atoms with Crippen molar-refractivity contribution >= 4 is 29.5 Å². The summed E-state index contributed by atoms with van der Waals surface area (Å²) in [6.45, 7) is 0. The van der Waals surface area contributed by atoms with E-state index in [9.17, 15) is 14.9 Å². The molecular formula is C22H16ClN3O4. The monoisotopic (exact) mass is 421 g/mol. The molecule has 0 atom stereocenters. The minimum absolute atomic E-state index is 0.179. The molecule has 7 nitrogen and oxygen atoms in total. The smallest absolute Gasteiger partial charge is 0.335 e. The van der Waals surface area contributed by atoms with Crippen LogP contribution in [0.15, 0.2) is 65.7 Å². The van der Waals surface area contributed by atoms with Gasteiger partial charge in [-0.3, -0.25) is 9.36 Å². The van der Waals surface area contributed by atoms with Crippen LogP contribution in [0.5, 0.6) is 5.75 Å². The predicted octanol–water partition coefficient (Wildman–Crippen LogP) is 4.29. The van der Waals surface area contributed by atoms with Crippen molar-refractivity contribution in [2.75, 3.05) is 12.4 Å². The highest BCUT2D eigenvalue weighted by Crippen LogP contribution is 2.32. The second-order valence-corrected chi connectivity index (χ2v) is 6.58. The molecule has 0 fully saturated rings. The van der Waals surface area contributed by atoms with E-state index in [1.54, 1.807) is 30.3 Å². The van der Waals surface area contributed by atoms with Gasteiger partial charge in [0.1, 0.15) is 5.75 Å². The summed E-state index contributed by atoms with van der Waals surface area (Å²) in [5.41, 5.74) is 1.84. The Morgan fingerprint density at radius 2 is 1.93 bits per heavy atom. The Hall–Kier alpha value is -4.02. The van der Waals surface area contributed by atoms with Crippen molar-refractivity contribution in [3.05, 3.63) is 87.4 Å². The van der Waals surface area contributed by atoms with Crippen molar-refractivity contribution in [2.45, 2.75) is 0 Å². The molecule has 0 bridgehead atoms. The number of halogens is 1. The van der Waals surface area contributed by atoms with Crippen LogP contribution in [-0.4, -0.2) is 22.8 Å². The molecule has 0 aliphatic carbocycles. The number of rotatable bonds is 6. The molecule has 0 unspecified atom stereocenters. The SMILES string of the molecule is COc1cn(C=CNc2ccc(C(=O)O)cc2)c(=O)cc1-c1cc(Cl)ccc1C#N. The first-order chi connectivity index (χ1) is 14.4. The Balaban J connectivity index is 1.90. The maximum Gasteiger partial charge on any atom is 0.335 e. The van der Waals surface area contributed by atoms with Gasteiger partial charge in [0.2, 0.25) is 0 Å². The molecule has 2 aromatic carbocycles. The number of hydrogen-bond acceptors (Lipinski definition) is 5. The number of benzene rings is 2. The van der Waals surface area contributed by atoms with E-state index < -0.39 is 5.97 Å². The fourth-order valence-electron chi connectivity index (χ4n) is 2.78. The summed E-state index contributed by atoms with van der Waals surface area (Å²) in [7, 11) is 1.47. The molecule has 150 valence electrons. The Morgan fingerprint density at radius 3 is 2.57 bits per heavy atom. The molecule has 0 saturated heterocycles. The first kappa shape index (κ1) is 20.7. The molecule has 1 aromatic heterocycles. The zero-order chi connectivity index (χ0) is 21.7. The third kappa shape index (κ3) is 4.51. The Labute approximate surface area is 177 Å². The number of nitriles is 1. The van der Waals surface area contributed by atoms with E-state index in [1.165, 1.54) is 48.5 Å². The molecule has 0 saturated carbocycles. The maximum absolute atomic E-state index is 12.6. The minimum Gasteiger partial charge on any atom is -0.495 e. The number of nitrogens with zero attached hydrogens (tertiary/aromatic N) is 2. The predicted molar refractivity (Wildman–Crippen MR) is 115 cm³/mol. The Kier molecular flexibility index (Phi) is 6.20. The number of aromatic carboxylic acids is 1. The molecule has 0 radical (unpaired) electrons. The Bertz CT molecular complexity index is 1220. The van der Waals surface area contributed by atoms with Gasteiger partial charge in [0.05, 0.1) is 30.5 Å². The summed E-state index contributed by atoms with van der Waals surface area (Å²) >= 11 is 6.06. The van der Waals surface area contributed by atoms with E-state index in [2.05, 4.69) is 11.4 Å². The zero-order valence-corrected chi connectivity index (χ0v) is 16.6. The number of anilines is 1. The first-order valence-corrected chi connectivity index (χ1v) is 9.07. The lowest BCUT2D eigenvalue weighted by Crippen LogP contribution is -2.15. The van der Waals surface area contributed by atoms with Gasteiger partial charge in [-0.2, -0.15) is 5.26 Å². The van der Waals surface area contributed by atoms with Crippen molar-refractivity contribution in [3.63, 3.8) is 0 Å². The van der Waals surface area contributed by atoms with Gasteiger partial charge < -0.3 is 15.2 Å². The van der Waals surface area contributed by atoms with Crippen molar-refractivity contribution in [1.29, 1.82) is 5.26 Å². The lowest BCUT2D eigenvalue weighted by atomic mass is 10.0. The van der Waals surface area contributed by atoms with Gasteiger partial charge >= 0.3 is 5.97 Å².